The van der Waals surface area contributed by atoms with Gasteiger partial charge in [0.1, 0.15) is 4.75 Å². The molecule has 0 aromatic heterocycles. The Morgan fingerprint density at radius 3 is 2.29 bits per heavy atom. The van der Waals surface area contributed by atoms with Crippen molar-refractivity contribution in [2.24, 2.45) is 0 Å². The summed E-state index contributed by atoms with van der Waals surface area (Å²) in [5.74, 6) is 1.04. The molecule has 1 aliphatic carbocycles. The first-order valence-electron chi connectivity index (χ1n) is 5.15. The second-order valence-corrected chi connectivity index (χ2v) is 7.32. The van der Waals surface area contributed by atoms with Crippen molar-refractivity contribution in [2.75, 3.05) is 5.75 Å². The zero-order chi connectivity index (χ0) is 10.2. The Hall–Kier alpha value is 0.260. The maximum absolute atomic E-state index is 11.5. The van der Waals surface area contributed by atoms with Crippen LogP contribution in [0.25, 0.3) is 0 Å². The smallest absolute Gasteiger partial charge is 0.271 e. The third-order valence-corrected chi connectivity index (χ3v) is 6.96. The van der Waals surface area contributed by atoms with Crippen LogP contribution in [0.3, 0.4) is 0 Å². The lowest BCUT2D eigenvalue weighted by atomic mass is 9.99. The topological polar surface area (TPSA) is 54.4 Å². The van der Waals surface area contributed by atoms with Crippen LogP contribution in [-0.4, -0.2) is 28.7 Å². The Balaban J connectivity index is 2.30. The van der Waals surface area contributed by atoms with Crippen molar-refractivity contribution in [3.05, 3.63) is 0 Å². The molecule has 1 saturated carbocycles. The van der Waals surface area contributed by atoms with E-state index in [1.54, 1.807) is 11.8 Å². The van der Waals surface area contributed by atoms with Crippen LogP contribution in [0.5, 0.6) is 0 Å². The highest BCUT2D eigenvalue weighted by Gasteiger charge is 2.52. The summed E-state index contributed by atoms with van der Waals surface area (Å²) in [5, 5.41) is 0.139. The van der Waals surface area contributed by atoms with Crippen LogP contribution in [0.4, 0.5) is 0 Å². The third kappa shape index (κ3) is 1.59. The molecule has 1 N–H and O–H groups in total. The number of thioether (sulfide) groups is 1. The molecular weight excluding hydrogens is 220 g/mol. The molecule has 1 atom stereocenters. The van der Waals surface area contributed by atoms with Gasteiger partial charge in [0.2, 0.25) is 0 Å². The fraction of sp³-hybridized carbons (Fsp3) is 1.00. The molecule has 0 radical (unpaired) electrons. The Morgan fingerprint density at radius 2 is 1.86 bits per heavy atom. The van der Waals surface area contributed by atoms with E-state index in [9.17, 15) is 13.0 Å². The molecule has 14 heavy (non-hydrogen) atoms. The van der Waals surface area contributed by atoms with Crippen LogP contribution in [-0.2, 0) is 10.1 Å². The van der Waals surface area contributed by atoms with Crippen molar-refractivity contribution in [3.8, 4) is 0 Å². The molecule has 0 spiro atoms. The molecule has 0 bridgehead atoms. The second kappa shape index (κ2) is 3.68. The second-order valence-electron chi connectivity index (χ2n) is 4.25. The van der Waals surface area contributed by atoms with E-state index in [1.165, 1.54) is 0 Å². The van der Waals surface area contributed by atoms with Crippen molar-refractivity contribution in [2.45, 2.75) is 48.5 Å². The molecule has 2 rings (SSSR count). The molecule has 5 heteroatoms. The standard InChI is InChI=1S/C9H16O3S2/c10-14(11,12)9(5-1-2-6-9)8-4-3-7-13-8/h8H,1-7H2,(H,10,11,12). The summed E-state index contributed by atoms with van der Waals surface area (Å²) < 4.78 is 31.6. The van der Waals surface area contributed by atoms with Crippen molar-refractivity contribution in [1.29, 1.82) is 0 Å². The van der Waals surface area contributed by atoms with Crippen LogP contribution < -0.4 is 0 Å². The normalized spacial score (nSPS) is 32.2. The van der Waals surface area contributed by atoms with Crippen LogP contribution in [0.1, 0.15) is 38.5 Å². The van der Waals surface area contributed by atoms with Gasteiger partial charge in [0, 0.05) is 5.25 Å². The first-order valence-corrected chi connectivity index (χ1v) is 7.64. The van der Waals surface area contributed by atoms with Gasteiger partial charge in [0.05, 0.1) is 0 Å². The van der Waals surface area contributed by atoms with Gasteiger partial charge in [-0.2, -0.15) is 20.2 Å². The SMILES string of the molecule is O=S(=O)(O)C1(C2CCCS2)CCCC1. The van der Waals surface area contributed by atoms with E-state index in [0.717, 1.165) is 31.4 Å². The minimum absolute atomic E-state index is 0.139. The predicted molar refractivity (Wildman–Crippen MR) is 58.2 cm³/mol. The fourth-order valence-electron chi connectivity index (χ4n) is 2.71. The van der Waals surface area contributed by atoms with Crippen molar-refractivity contribution in [3.63, 3.8) is 0 Å². The quantitative estimate of drug-likeness (QED) is 0.746. The lowest BCUT2D eigenvalue weighted by Crippen LogP contribution is -2.44. The van der Waals surface area contributed by atoms with Crippen molar-refractivity contribution in [1.82, 2.24) is 0 Å². The molecule has 1 saturated heterocycles. The Bertz CT molecular complexity index is 298. The molecule has 1 aliphatic heterocycles. The molecule has 1 heterocycles. The molecule has 0 aromatic rings. The van der Waals surface area contributed by atoms with Gasteiger partial charge in [-0.3, -0.25) is 4.55 Å². The zero-order valence-corrected chi connectivity index (χ0v) is 9.74. The maximum Gasteiger partial charge on any atom is 0.271 e. The minimum atomic E-state index is -3.87. The average molecular weight is 236 g/mol. The lowest BCUT2D eigenvalue weighted by molar-refractivity contribution is 0.411. The van der Waals surface area contributed by atoms with Gasteiger partial charge in [-0.05, 0) is 31.4 Å². The van der Waals surface area contributed by atoms with Crippen LogP contribution in [0.2, 0.25) is 0 Å². The molecule has 0 aromatic carbocycles. The minimum Gasteiger partial charge on any atom is -0.285 e. The highest BCUT2D eigenvalue weighted by atomic mass is 32.2. The number of hydrogen-bond donors (Lipinski definition) is 1. The van der Waals surface area contributed by atoms with E-state index in [2.05, 4.69) is 0 Å². The summed E-state index contributed by atoms with van der Waals surface area (Å²) in [6.45, 7) is 0. The van der Waals surface area contributed by atoms with Gasteiger partial charge in [0.15, 0.2) is 0 Å². The Labute approximate surface area is 89.4 Å². The first-order chi connectivity index (χ1) is 6.56. The van der Waals surface area contributed by atoms with Gasteiger partial charge in [-0.25, -0.2) is 0 Å². The predicted octanol–water partition coefficient (Wildman–Crippen LogP) is 2.08. The Kier molecular flexibility index (Phi) is 2.83. The van der Waals surface area contributed by atoms with E-state index in [1.807, 2.05) is 0 Å². The zero-order valence-electron chi connectivity index (χ0n) is 8.11. The van der Waals surface area contributed by atoms with E-state index >= 15 is 0 Å². The van der Waals surface area contributed by atoms with Gasteiger partial charge >= 0.3 is 0 Å². The Morgan fingerprint density at radius 1 is 1.21 bits per heavy atom. The highest BCUT2D eigenvalue weighted by molar-refractivity contribution is 8.01. The number of rotatable bonds is 2. The molecule has 2 fully saturated rings. The third-order valence-electron chi connectivity index (χ3n) is 3.48. The van der Waals surface area contributed by atoms with Crippen molar-refractivity contribution >= 4 is 21.9 Å². The monoisotopic (exact) mass is 236 g/mol. The fourth-order valence-corrected chi connectivity index (χ4v) is 6.03. The van der Waals surface area contributed by atoms with Gasteiger partial charge in [-0.15, -0.1) is 0 Å². The summed E-state index contributed by atoms with van der Waals surface area (Å²) in [6, 6.07) is 0. The molecule has 2 aliphatic rings. The average Bonchev–Trinajstić information content (AvgIpc) is 2.74. The first kappa shape index (κ1) is 10.8. The van der Waals surface area contributed by atoms with Crippen molar-refractivity contribution < 1.29 is 13.0 Å². The van der Waals surface area contributed by atoms with E-state index < -0.39 is 14.9 Å². The summed E-state index contributed by atoms with van der Waals surface area (Å²) in [6.07, 6.45) is 5.23. The van der Waals surface area contributed by atoms with Gasteiger partial charge < -0.3 is 0 Å². The van der Waals surface area contributed by atoms with Crippen LogP contribution in [0, 0.1) is 0 Å². The summed E-state index contributed by atoms with van der Waals surface area (Å²) in [7, 11) is -3.87. The maximum atomic E-state index is 11.5. The summed E-state index contributed by atoms with van der Waals surface area (Å²) >= 11 is 1.73. The van der Waals surface area contributed by atoms with E-state index in [-0.39, 0.29) is 5.25 Å². The molecule has 3 nitrogen and oxygen atoms in total. The van der Waals surface area contributed by atoms with Crippen LogP contribution >= 0.6 is 11.8 Å². The molecule has 82 valence electrons. The van der Waals surface area contributed by atoms with E-state index in [4.69, 9.17) is 0 Å². The number of hydrogen-bond acceptors (Lipinski definition) is 3. The largest absolute Gasteiger partial charge is 0.285 e. The molecular formula is C9H16O3S2. The van der Waals surface area contributed by atoms with Crippen LogP contribution in [0.15, 0.2) is 0 Å². The van der Waals surface area contributed by atoms with Gasteiger partial charge in [-0.1, -0.05) is 12.8 Å². The summed E-state index contributed by atoms with van der Waals surface area (Å²) in [4.78, 5) is 0. The molecule has 1 unspecified atom stereocenters. The summed E-state index contributed by atoms with van der Waals surface area (Å²) in [5.41, 5.74) is 0. The van der Waals surface area contributed by atoms with E-state index in [0.29, 0.717) is 12.8 Å². The highest BCUT2D eigenvalue weighted by Crippen LogP contribution is 2.47. The van der Waals surface area contributed by atoms with Gasteiger partial charge in [0.25, 0.3) is 10.1 Å². The lowest BCUT2D eigenvalue weighted by Gasteiger charge is -2.31. The molecule has 0 amide bonds.